The van der Waals surface area contributed by atoms with Crippen molar-refractivity contribution in [2.75, 3.05) is 5.32 Å². The number of nitrogens with one attached hydrogen (secondary N) is 1. The van der Waals surface area contributed by atoms with E-state index in [-0.39, 0.29) is 12.5 Å². The summed E-state index contributed by atoms with van der Waals surface area (Å²) in [5.74, 6) is -0.154. The Kier molecular flexibility index (Phi) is 3.86. The van der Waals surface area contributed by atoms with Gasteiger partial charge in [-0.3, -0.25) is 9.48 Å². The minimum atomic E-state index is -0.154. The summed E-state index contributed by atoms with van der Waals surface area (Å²) in [7, 11) is 0. The molecular formula is C17H16ClN3O. The third-order valence-electron chi connectivity index (χ3n) is 3.53. The Bertz CT molecular complexity index is 854. The van der Waals surface area contributed by atoms with E-state index in [1.165, 1.54) is 0 Å². The fraction of sp³-hybridized carbons (Fsp3) is 0.176. The van der Waals surface area contributed by atoms with Crippen molar-refractivity contribution >= 4 is 34.1 Å². The number of halogens is 1. The molecule has 2 aromatic carbocycles. The lowest BCUT2D eigenvalue weighted by Crippen LogP contribution is -2.19. The monoisotopic (exact) mass is 313 g/mol. The zero-order valence-electron chi connectivity index (χ0n) is 12.4. The normalized spacial score (nSPS) is 10.9. The van der Waals surface area contributed by atoms with Crippen molar-refractivity contribution in [3.8, 4) is 0 Å². The summed E-state index contributed by atoms with van der Waals surface area (Å²) in [6, 6.07) is 13.4. The molecule has 0 bridgehead atoms. The fourth-order valence-electron chi connectivity index (χ4n) is 2.46. The number of para-hydroxylation sites is 1. The molecule has 0 unspecified atom stereocenters. The number of carbonyl (C=O) groups is 1. The van der Waals surface area contributed by atoms with E-state index >= 15 is 0 Å². The molecule has 0 fully saturated rings. The van der Waals surface area contributed by atoms with E-state index in [4.69, 9.17) is 11.6 Å². The molecule has 5 heteroatoms. The number of benzene rings is 2. The summed E-state index contributed by atoms with van der Waals surface area (Å²) in [6.45, 7) is 4.04. The van der Waals surface area contributed by atoms with Crippen LogP contribution < -0.4 is 5.32 Å². The summed E-state index contributed by atoms with van der Waals surface area (Å²) in [6.07, 6.45) is 0. The third-order valence-corrected chi connectivity index (χ3v) is 3.85. The van der Waals surface area contributed by atoms with Crippen molar-refractivity contribution in [3.05, 3.63) is 58.7 Å². The van der Waals surface area contributed by atoms with Gasteiger partial charge in [-0.1, -0.05) is 35.9 Å². The van der Waals surface area contributed by atoms with E-state index < -0.39 is 0 Å². The largest absolute Gasteiger partial charge is 0.323 e. The van der Waals surface area contributed by atoms with Gasteiger partial charge in [-0.25, -0.2) is 0 Å². The maximum Gasteiger partial charge on any atom is 0.246 e. The number of fused-ring (bicyclic) bond motifs is 1. The van der Waals surface area contributed by atoms with Crippen molar-refractivity contribution in [3.63, 3.8) is 0 Å². The maximum absolute atomic E-state index is 12.2. The molecule has 0 radical (unpaired) electrons. The van der Waals surface area contributed by atoms with Gasteiger partial charge in [-0.2, -0.15) is 5.10 Å². The Morgan fingerprint density at radius 2 is 2.00 bits per heavy atom. The average Bonchev–Trinajstić information content (AvgIpc) is 2.79. The summed E-state index contributed by atoms with van der Waals surface area (Å²) >= 11 is 6.14. The molecule has 22 heavy (non-hydrogen) atoms. The van der Waals surface area contributed by atoms with Crippen LogP contribution in [0.5, 0.6) is 0 Å². The number of nitrogens with zero attached hydrogens (tertiary/aromatic N) is 2. The second-order valence-electron chi connectivity index (χ2n) is 5.29. The number of hydrogen-bond acceptors (Lipinski definition) is 2. The minimum absolute atomic E-state index is 0.151. The van der Waals surface area contributed by atoms with Gasteiger partial charge in [0.25, 0.3) is 0 Å². The first-order valence-corrected chi connectivity index (χ1v) is 7.40. The van der Waals surface area contributed by atoms with Crippen LogP contribution in [-0.4, -0.2) is 15.7 Å². The zero-order chi connectivity index (χ0) is 15.7. The highest BCUT2D eigenvalue weighted by Gasteiger charge is 2.11. The Labute approximate surface area is 133 Å². The third kappa shape index (κ3) is 2.83. The lowest BCUT2D eigenvalue weighted by Gasteiger charge is -2.08. The second-order valence-corrected chi connectivity index (χ2v) is 5.70. The topological polar surface area (TPSA) is 46.9 Å². The summed E-state index contributed by atoms with van der Waals surface area (Å²) in [5.41, 5.74) is 3.53. The highest BCUT2D eigenvalue weighted by Crippen LogP contribution is 2.23. The Morgan fingerprint density at radius 1 is 1.23 bits per heavy atom. The maximum atomic E-state index is 12.2. The Hall–Kier alpha value is -2.33. The molecule has 0 spiro atoms. The molecule has 0 saturated heterocycles. The lowest BCUT2D eigenvalue weighted by atomic mass is 10.2. The standard InChI is InChI=1S/C17H16ClN3O/c1-11-7-8-15(14(18)9-11)19-17(22)10-21-16-6-4-3-5-13(16)12(2)20-21/h3-9H,10H2,1-2H3,(H,19,22). The number of aromatic nitrogens is 2. The zero-order valence-corrected chi connectivity index (χ0v) is 13.2. The lowest BCUT2D eigenvalue weighted by molar-refractivity contribution is -0.116. The predicted molar refractivity (Wildman–Crippen MR) is 89.3 cm³/mol. The van der Waals surface area contributed by atoms with Crippen LogP contribution in [0.1, 0.15) is 11.3 Å². The number of carbonyl (C=O) groups excluding carboxylic acids is 1. The highest BCUT2D eigenvalue weighted by atomic mass is 35.5. The van der Waals surface area contributed by atoms with Gasteiger partial charge in [0, 0.05) is 5.39 Å². The van der Waals surface area contributed by atoms with Gasteiger partial charge in [0.2, 0.25) is 5.91 Å². The van der Waals surface area contributed by atoms with Gasteiger partial charge in [0.05, 0.1) is 21.9 Å². The average molecular weight is 314 g/mol. The first kappa shape index (κ1) is 14.6. The van der Waals surface area contributed by atoms with Crippen LogP contribution in [0.4, 0.5) is 5.69 Å². The summed E-state index contributed by atoms with van der Waals surface area (Å²) in [5, 5.41) is 8.85. The molecule has 3 rings (SSSR count). The van der Waals surface area contributed by atoms with Crippen LogP contribution in [0.2, 0.25) is 5.02 Å². The van der Waals surface area contributed by atoms with Gasteiger partial charge in [0.1, 0.15) is 6.54 Å². The molecule has 0 saturated carbocycles. The van der Waals surface area contributed by atoms with Crippen molar-refractivity contribution in [2.45, 2.75) is 20.4 Å². The molecule has 1 N–H and O–H groups in total. The van der Waals surface area contributed by atoms with Gasteiger partial charge in [-0.15, -0.1) is 0 Å². The van der Waals surface area contributed by atoms with Gasteiger partial charge in [0.15, 0.2) is 0 Å². The van der Waals surface area contributed by atoms with Gasteiger partial charge >= 0.3 is 0 Å². The Morgan fingerprint density at radius 3 is 2.77 bits per heavy atom. The van der Waals surface area contributed by atoms with E-state index in [0.29, 0.717) is 10.7 Å². The van der Waals surface area contributed by atoms with Crippen molar-refractivity contribution in [1.29, 1.82) is 0 Å². The van der Waals surface area contributed by atoms with Gasteiger partial charge in [-0.05, 0) is 37.6 Å². The molecule has 0 atom stereocenters. The molecule has 1 aromatic heterocycles. The molecular weight excluding hydrogens is 298 g/mol. The number of anilines is 1. The van der Waals surface area contributed by atoms with Crippen molar-refractivity contribution in [2.24, 2.45) is 0 Å². The molecule has 1 heterocycles. The molecule has 0 aliphatic rings. The van der Waals surface area contributed by atoms with Crippen LogP contribution in [-0.2, 0) is 11.3 Å². The molecule has 0 aliphatic carbocycles. The van der Waals surface area contributed by atoms with Crippen molar-refractivity contribution < 1.29 is 4.79 Å². The predicted octanol–water partition coefficient (Wildman–Crippen LogP) is 3.95. The van der Waals surface area contributed by atoms with Gasteiger partial charge < -0.3 is 5.32 Å². The van der Waals surface area contributed by atoms with Crippen LogP contribution in [0.15, 0.2) is 42.5 Å². The van der Waals surface area contributed by atoms with Crippen molar-refractivity contribution in [1.82, 2.24) is 9.78 Å². The Balaban J connectivity index is 1.81. The molecule has 1 amide bonds. The van der Waals surface area contributed by atoms with E-state index in [1.54, 1.807) is 4.68 Å². The first-order chi connectivity index (χ1) is 10.5. The number of hydrogen-bond donors (Lipinski definition) is 1. The van der Waals surface area contributed by atoms with E-state index in [1.807, 2.05) is 56.3 Å². The summed E-state index contributed by atoms with van der Waals surface area (Å²) < 4.78 is 1.71. The highest BCUT2D eigenvalue weighted by molar-refractivity contribution is 6.33. The van der Waals surface area contributed by atoms with Crippen LogP contribution >= 0.6 is 11.6 Å². The molecule has 4 nitrogen and oxygen atoms in total. The quantitative estimate of drug-likeness (QED) is 0.796. The summed E-state index contributed by atoms with van der Waals surface area (Å²) in [4.78, 5) is 12.2. The second kappa shape index (κ2) is 5.81. The number of amides is 1. The molecule has 112 valence electrons. The number of rotatable bonds is 3. The fourth-order valence-corrected chi connectivity index (χ4v) is 2.74. The van der Waals surface area contributed by atoms with Crippen LogP contribution in [0.3, 0.4) is 0 Å². The first-order valence-electron chi connectivity index (χ1n) is 7.03. The number of aryl methyl sites for hydroxylation is 2. The SMILES string of the molecule is Cc1ccc(NC(=O)Cn2nc(C)c3ccccc32)c(Cl)c1. The van der Waals surface area contributed by atoms with E-state index in [9.17, 15) is 4.79 Å². The van der Waals surface area contributed by atoms with E-state index in [0.717, 1.165) is 22.2 Å². The molecule has 0 aliphatic heterocycles. The minimum Gasteiger partial charge on any atom is -0.323 e. The smallest absolute Gasteiger partial charge is 0.246 e. The van der Waals surface area contributed by atoms with Crippen LogP contribution in [0.25, 0.3) is 10.9 Å². The molecule has 3 aromatic rings. The van der Waals surface area contributed by atoms with E-state index in [2.05, 4.69) is 10.4 Å². The van der Waals surface area contributed by atoms with Crippen LogP contribution in [0, 0.1) is 13.8 Å².